The molecule has 0 unspecified atom stereocenters. The summed E-state index contributed by atoms with van der Waals surface area (Å²) in [6, 6.07) is 8.20. The minimum absolute atomic E-state index is 0.217. The standard InChI is InChI=1S/C12H9FO/c13-12-5-3-10(4-6-12)1-2-11-7-8-14-9-11/h1-9H/b2-1+. The van der Waals surface area contributed by atoms with Gasteiger partial charge in [0.25, 0.3) is 0 Å². The Morgan fingerprint density at radius 2 is 1.64 bits per heavy atom. The second-order valence-corrected chi connectivity index (χ2v) is 2.94. The van der Waals surface area contributed by atoms with Crippen molar-refractivity contribution in [1.82, 2.24) is 0 Å². The number of rotatable bonds is 2. The average Bonchev–Trinajstić information content (AvgIpc) is 2.70. The monoisotopic (exact) mass is 188 g/mol. The third-order valence-electron chi connectivity index (χ3n) is 1.88. The van der Waals surface area contributed by atoms with E-state index in [0.717, 1.165) is 11.1 Å². The van der Waals surface area contributed by atoms with E-state index in [-0.39, 0.29) is 5.82 Å². The third kappa shape index (κ3) is 2.10. The highest BCUT2D eigenvalue weighted by Gasteiger charge is 1.90. The maximum absolute atomic E-state index is 12.6. The minimum atomic E-state index is -0.217. The van der Waals surface area contributed by atoms with E-state index in [1.54, 1.807) is 24.7 Å². The Morgan fingerprint density at radius 3 is 2.29 bits per heavy atom. The zero-order valence-electron chi connectivity index (χ0n) is 7.48. The fourth-order valence-corrected chi connectivity index (χ4v) is 1.14. The van der Waals surface area contributed by atoms with Crippen LogP contribution in [0.3, 0.4) is 0 Å². The predicted molar refractivity (Wildman–Crippen MR) is 54.0 cm³/mol. The average molecular weight is 188 g/mol. The van der Waals surface area contributed by atoms with E-state index in [0.29, 0.717) is 0 Å². The van der Waals surface area contributed by atoms with Gasteiger partial charge in [-0.15, -0.1) is 0 Å². The number of hydrogen-bond donors (Lipinski definition) is 0. The number of halogens is 1. The van der Waals surface area contributed by atoms with E-state index in [9.17, 15) is 4.39 Å². The molecule has 2 aromatic rings. The van der Waals surface area contributed by atoms with Crippen LogP contribution in [0.2, 0.25) is 0 Å². The van der Waals surface area contributed by atoms with Crippen molar-refractivity contribution in [3.63, 3.8) is 0 Å². The lowest BCUT2D eigenvalue weighted by atomic mass is 10.2. The first-order valence-electron chi connectivity index (χ1n) is 4.30. The Balaban J connectivity index is 2.15. The molecule has 0 bridgehead atoms. The Bertz CT molecular complexity index is 412. The van der Waals surface area contributed by atoms with E-state index < -0.39 is 0 Å². The lowest BCUT2D eigenvalue weighted by molar-refractivity contribution is 0.567. The first kappa shape index (κ1) is 8.75. The second-order valence-electron chi connectivity index (χ2n) is 2.94. The van der Waals surface area contributed by atoms with Crippen molar-refractivity contribution in [1.29, 1.82) is 0 Å². The van der Waals surface area contributed by atoms with Crippen LogP contribution in [0.1, 0.15) is 11.1 Å². The molecule has 1 heterocycles. The molecule has 0 saturated heterocycles. The molecule has 0 aliphatic carbocycles. The van der Waals surface area contributed by atoms with Gasteiger partial charge in [-0.2, -0.15) is 0 Å². The van der Waals surface area contributed by atoms with E-state index in [4.69, 9.17) is 4.42 Å². The van der Waals surface area contributed by atoms with Crippen molar-refractivity contribution in [2.75, 3.05) is 0 Å². The van der Waals surface area contributed by atoms with Gasteiger partial charge in [-0.3, -0.25) is 0 Å². The van der Waals surface area contributed by atoms with Crippen LogP contribution >= 0.6 is 0 Å². The number of furan rings is 1. The van der Waals surface area contributed by atoms with E-state index in [1.807, 2.05) is 18.2 Å². The van der Waals surface area contributed by atoms with Crippen LogP contribution < -0.4 is 0 Å². The normalized spacial score (nSPS) is 10.9. The summed E-state index contributed by atoms with van der Waals surface area (Å²) in [4.78, 5) is 0. The van der Waals surface area contributed by atoms with Crippen LogP contribution in [0.4, 0.5) is 4.39 Å². The fraction of sp³-hybridized carbons (Fsp3) is 0. The van der Waals surface area contributed by atoms with Gasteiger partial charge in [0, 0.05) is 5.56 Å². The highest BCUT2D eigenvalue weighted by molar-refractivity contribution is 5.68. The minimum Gasteiger partial charge on any atom is -0.472 e. The first-order valence-corrected chi connectivity index (χ1v) is 4.30. The Labute approximate surface area is 81.5 Å². The molecule has 2 heteroatoms. The molecule has 0 atom stereocenters. The molecule has 0 saturated carbocycles. The van der Waals surface area contributed by atoms with Gasteiger partial charge in [-0.25, -0.2) is 4.39 Å². The summed E-state index contributed by atoms with van der Waals surface area (Å²) in [7, 11) is 0. The van der Waals surface area contributed by atoms with Gasteiger partial charge in [0.05, 0.1) is 12.5 Å². The topological polar surface area (TPSA) is 13.1 Å². The van der Waals surface area contributed by atoms with E-state index in [2.05, 4.69) is 0 Å². The Hall–Kier alpha value is -1.83. The lowest BCUT2D eigenvalue weighted by Crippen LogP contribution is -1.73. The summed E-state index contributed by atoms with van der Waals surface area (Å²) in [6.07, 6.45) is 7.09. The van der Waals surface area contributed by atoms with E-state index >= 15 is 0 Å². The van der Waals surface area contributed by atoms with Gasteiger partial charge in [-0.1, -0.05) is 24.3 Å². The van der Waals surface area contributed by atoms with Crippen molar-refractivity contribution in [2.45, 2.75) is 0 Å². The maximum atomic E-state index is 12.6. The van der Waals surface area contributed by atoms with Gasteiger partial charge in [0.1, 0.15) is 5.82 Å². The van der Waals surface area contributed by atoms with Crippen LogP contribution in [-0.2, 0) is 0 Å². The summed E-state index contributed by atoms with van der Waals surface area (Å²) in [6.45, 7) is 0. The van der Waals surface area contributed by atoms with Crippen molar-refractivity contribution < 1.29 is 8.81 Å². The van der Waals surface area contributed by atoms with E-state index in [1.165, 1.54) is 12.1 Å². The molecule has 0 N–H and O–H groups in total. The van der Waals surface area contributed by atoms with Crippen LogP contribution in [0.25, 0.3) is 12.2 Å². The Kier molecular flexibility index (Phi) is 2.45. The zero-order valence-corrected chi connectivity index (χ0v) is 7.48. The van der Waals surface area contributed by atoms with Crippen LogP contribution in [-0.4, -0.2) is 0 Å². The molecule has 2 rings (SSSR count). The van der Waals surface area contributed by atoms with Gasteiger partial charge in [-0.05, 0) is 23.8 Å². The molecule has 0 spiro atoms. The van der Waals surface area contributed by atoms with Crippen LogP contribution in [0.15, 0.2) is 47.3 Å². The van der Waals surface area contributed by atoms with Crippen molar-refractivity contribution in [3.05, 3.63) is 59.8 Å². The third-order valence-corrected chi connectivity index (χ3v) is 1.88. The fourth-order valence-electron chi connectivity index (χ4n) is 1.14. The second kappa shape index (κ2) is 3.92. The summed E-state index contributed by atoms with van der Waals surface area (Å²) < 4.78 is 17.5. The molecule has 1 nitrogen and oxygen atoms in total. The molecule has 70 valence electrons. The van der Waals surface area contributed by atoms with Crippen LogP contribution in [0, 0.1) is 5.82 Å². The molecule has 0 radical (unpaired) electrons. The maximum Gasteiger partial charge on any atom is 0.123 e. The smallest absolute Gasteiger partial charge is 0.123 e. The molecule has 14 heavy (non-hydrogen) atoms. The first-order chi connectivity index (χ1) is 6.84. The lowest BCUT2D eigenvalue weighted by Gasteiger charge is -1.91. The summed E-state index contributed by atoms with van der Waals surface area (Å²) in [5, 5.41) is 0. The molecule has 0 aliphatic rings. The number of hydrogen-bond acceptors (Lipinski definition) is 1. The molecular weight excluding hydrogens is 179 g/mol. The molecular formula is C12H9FO. The summed E-state index contributed by atoms with van der Waals surface area (Å²) in [5.41, 5.74) is 1.96. The zero-order chi connectivity index (χ0) is 9.80. The SMILES string of the molecule is Fc1ccc(/C=C/c2ccoc2)cc1. The molecule has 0 fully saturated rings. The van der Waals surface area contributed by atoms with Crippen LogP contribution in [0.5, 0.6) is 0 Å². The molecule has 0 aliphatic heterocycles. The quantitative estimate of drug-likeness (QED) is 0.701. The van der Waals surface area contributed by atoms with Crippen molar-refractivity contribution >= 4 is 12.2 Å². The predicted octanol–water partition coefficient (Wildman–Crippen LogP) is 3.59. The highest BCUT2D eigenvalue weighted by Crippen LogP contribution is 2.09. The Morgan fingerprint density at radius 1 is 0.929 bits per heavy atom. The van der Waals surface area contributed by atoms with Gasteiger partial charge >= 0.3 is 0 Å². The molecule has 1 aromatic carbocycles. The number of benzene rings is 1. The van der Waals surface area contributed by atoms with Crippen molar-refractivity contribution in [3.8, 4) is 0 Å². The van der Waals surface area contributed by atoms with Gasteiger partial charge in [0.2, 0.25) is 0 Å². The van der Waals surface area contributed by atoms with Gasteiger partial charge < -0.3 is 4.42 Å². The summed E-state index contributed by atoms with van der Waals surface area (Å²) >= 11 is 0. The highest BCUT2D eigenvalue weighted by atomic mass is 19.1. The molecule has 1 aromatic heterocycles. The summed E-state index contributed by atoms with van der Waals surface area (Å²) in [5.74, 6) is -0.217. The molecule has 0 amide bonds. The van der Waals surface area contributed by atoms with Gasteiger partial charge in [0.15, 0.2) is 0 Å². The van der Waals surface area contributed by atoms with Crippen molar-refractivity contribution in [2.24, 2.45) is 0 Å². The largest absolute Gasteiger partial charge is 0.472 e.